The zero-order valence-corrected chi connectivity index (χ0v) is 12.8. The second-order valence-corrected chi connectivity index (χ2v) is 7.02. The molecule has 0 saturated carbocycles. The van der Waals surface area contributed by atoms with Gasteiger partial charge >= 0.3 is 0 Å². The van der Waals surface area contributed by atoms with Crippen molar-refractivity contribution >= 4 is 15.7 Å². The molecule has 0 spiro atoms. The van der Waals surface area contributed by atoms with E-state index in [9.17, 15) is 13.5 Å². The molecule has 0 radical (unpaired) electrons. The second-order valence-electron chi connectivity index (χ2n) is 5.46. The van der Waals surface area contributed by atoms with E-state index in [-0.39, 0.29) is 4.90 Å². The number of sulfonamides is 1. The highest BCUT2D eigenvalue weighted by atomic mass is 32.2. The first-order valence-electron chi connectivity index (χ1n) is 7.09. The number of fused-ring (bicyclic) bond motifs is 1. The molecule has 3 rings (SSSR count). The third kappa shape index (κ3) is 2.99. The van der Waals surface area contributed by atoms with Crippen molar-refractivity contribution in [3.05, 3.63) is 59.7 Å². The summed E-state index contributed by atoms with van der Waals surface area (Å²) in [6.45, 7) is 1.18. The topological polar surface area (TPSA) is 83.6 Å². The highest BCUT2D eigenvalue weighted by Gasteiger charge is 2.23. The standard InChI is InChI=1S/C16H18N2O3S/c17-22(20,21)14-7-6-12-8-9-18(15(12)10-14)11-16(19)13-4-2-1-3-5-13/h1-7,10,16,19H,8-9,11H2,(H2,17,20,21)/t16-/m0/s1. The zero-order chi connectivity index (χ0) is 15.7. The third-order valence-electron chi connectivity index (χ3n) is 3.95. The van der Waals surface area contributed by atoms with Gasteiger partial charge in [-0.25, -0.2) is 13.6 Å². The maximum atomic E-state index is 11.5. The van der Waals surface area contributed by atoms with Crippen molar-refractivity contribution in [2.75, 3.05) is 18.0 Å². The summed E-state index contributed by atoms with van der Waals surface area (Å²) in [7, 11) is -3.72. The summed E-state index contributed by atoms with van der Waals surface area (Å²) in [5, 5.41) is 15.5. The minimum Gasteiger partial charge on any atom is -0.387 e. The molecule has 2 aromatic carbocycles. The molecule has 0 bridgehead atoms. The van der Waals surface area contributed by atoms with Crippen LogP contribution in [0.3, 0.4) is 0 Å². The SMILES string of the molecule is NS(=O)(=O)c1ccc2c(c1)N(C[C@H](O)c1ccccc1)CC2. The number of nitrogens with zero attached hydrogens (tertiary/aromatic N) is 1. The summed E-state index contributed by atoms with van der Waals surface area (Å²) in [4.78, 5) is 2.11. The molecule has 1 heterocycles. The van der Waals surface area contributed by atoms with Gasteiger partial charge in [0.05, 0.1) is 11.0 Å². The Labute approximate surface area is 130 Å². The van der Waals surface area contributed by atoms with E-state index in [1.54, 1.807) is 12.1 Å². The lowest BCUT2D eigenvalue weighted by Gasteiger charge is -2.23. The molecule has 5 nitrogen and oxygen atoms in total. The lowest BCUT2D eigenvalue weighted by Crippen LogP contribution is -2.26. The first-order chi connectivity index (χ1) is 10.4. The van der Waals surface area contributed by atoms with Crippen LogP contribution in [0.5, 0.6) is 0 Å². The summed E-state index contributed by atoms with van der Waals surface area (Å²) in [5.74, 6) is 0. The molecule has 1 atom stereocenters. The molecule has 1 aliphatic rings. The average molecular weight is 318 g/mol. The fourth-order valence-corrected chi connectivity index (χ4v) is 3.31. The van der Waals surface area contributed by atoms with E-state index in [1.807, 2.05) is 35.2 Å². The van der Waals surface area contributed by atoms with Crippen molar-refractivity contribution in [2.45, 2.75) is 17.4 Å². The van der Waals surface area contributed by atoms with Gasteiger partial charge in [0.1, 0.15) is 0 Å². The molecule has 116 valence electrons. The van der Waals surface area contributed by atoms with Gasteiger partial charge in [-0.3, -0.25) is 0 Å². The number of β-amino-alcohol motifs (C(OH)–C–C–N with tert-alkyl or cyclic N) is 1. The van der Waals surface area contributed by atoms with E-state index in [1.165, 1.54) is 6.07 Å². The number of anilines is 1. The quantitative estimate of drug-likeness (QED) is 0.893. The molecule has 0 unspecified atom stereocenters. The molecule has 0 aromatic heterocycles. The predicted molar refractivity (Wildman–Crippen MR) is 85.1 cm³/mol. The number of rotatable bonds is 4. The molecule has 0 fully saturated rings. The van der Waals surface area contributed by atoms with Gasteiger partial charge in [-0.2, -0.15) is 0 Å². The molecule has 22 heavy (non-hydrogen) atoms. The van der Waals surface area contributed by atoms with Crippen LogP contribution in [0.25, 0.3) is 0 Å². The van der Waals surface area contributed by atoms with Crippen molar-refractivity contribution in [1.82, 2.24) is 0 Å². The van der Waals surface area contributed by atoms with Gasteiger partial charge in [-0.15, -0.1) is 0 Å². The first-order valence-corrected chi connectivity index (χ1v) is 8.63. The molecule has 6 heteroatoms. The van der Waals surface area contributed by atoms with Gasteiger partial charge in [0, 0.05) is 18.8 Å². The maximum Gasteiger partial charge on any atom is 0.238 e. The molecule has 2 aromatic rings. The fraction of sp³-hybridized carbons (Fsp3) is 0.250. The predicted octanol–water partition coefficient (Wildman–Crippen LogP) is 1.43. The second kappa shape index (κ2) is 5.72. The normalized spacial score (nSPS) is 15.6. The van der Waals surface area contributed by atoms with E-state index in [2.05, 4.69) is 0 Å². The number of benzene rings is 2. The molecular formula is C16H18N2O3S. The van der Waals surface area contributed by atoms with E-state index in [4.69, 9.17) is 5.14 Å². The largest absolute Gasteiger partial charge is 0.387 e. The number of nitrogens with two attached hydrogens (primary N) is 1. The van der Waals surface area contributed by atoms with Crippen LogP contribution < -0.4 is 10.0 Å². The number of hydrogen-bond donors (Lipinski definition) is 2. The van der Waals surface area contributed by atoms with Crippen molar-refractivity contribution in [1.29, 1.82) is 0 Å². The van der Waals surface area contributed by atoms with Crippen molar-refractivity contribution in [3.63, 3.8) is 0 Å². The summed E-state index contributed by atoms with van der Waals surface area (Å²) >= 11 is 0. The molecule has 0 aliphatic carbocycles. The van der Waals surface area contributed by atoms with E-state index < -0.39 is 16.1 Å². The molecule has 3 N–H and O–H groups in total. The van der Waals surface area contributed by atoms with E-state index in [0.717, 1.165) is 29.8 Å². The van der Waals surface area contributed by atoms with Crippen LogP contribution in [-0.4, -0.2) is 26.6 Å². The summed E-state index contributed by atoms with van der Waals surface area (Å²) < 4.78 is 23.0. The highest BCUT2D eigenvalue weighted by molar-refractivity contribution is 7.89. The Morgan fingerprint density at radius 3 is 2.59 bits per heavy atom. The van der Waals surface area contributed by atoms with Crippen molar-refractivity contribution in [3.8, 4) is 0 Å². The summed E-state index contributed by atoms with van der Waals surface area (Å²) in [5.41, 5.74) is 2.76. The maximum absolute atomic E-state index is 11.5. The first kappa shape index (κ1) is 15.0. The summed E-state index contributed by atoms with van der Waals surface area (Å²) in [6.07, 6.45) is 0.215. The van der Waals surface area contributed by atoms with Crippen LogP contribution in [0.15, 0.2) is 53.4 Å². The molecular weight excluding hydrogens is 300 g/mol. The monoisotopic (exact) mass is 318 g/mol. The van der Waals surface area contributed by atoms with E-state index in [0.29, 0.717) is 6.54 Å². The smallest absolute Gasteiger partial charge is 0.238 e. The third-order valence-corrected chi connectivity index (χ3v) is 4.87. The fourth-order valence-electron chi connectivity index (χ4n) is 2.78. The van der Waals surface area contributed by atoms with Crippen LogP contribution in [0, 0.1) is 0 Å². The lowest BCUT2D eigenvalue weighted by molar-refractivity contribution is 0.184. The Kier molecular flexibility index (Phi) is 3.90. The average Bonchev–Trinajstić information content (AvgIpc) is 2.89. The minimum atomic E-state index is -3.72. The Bertz CT molecular complexity index is 775. The molecule has 0 saturated heterocycles. The Hall–Kier alpha value is -1.89. The molecule has 0 amide bonds. The number of primary sulfonamides is 1. The van der Waals surface area contributed by atoms with Gasteiger partial charge in [0.2, 0.25) is 10.0 Å². The van der Waals surface area contributed by atoms with E-state index >= 15 is 0 Å². The number of aliphatic hydroxyl groups excluding tert-OH is 1. The van der Waals surface area contributed by atoms with Gasteiger partial charge in [-0.05, 0) is 29.7 Å². The van der Waals surface area contributed by atoms with Gasteiger partial charge in [-0.1, -0.05) is 36.4 Å². The van der Waals surface area contributed by atoms with Gasteiger partial charge < -0.3 is 10.0 Å². The lowest BCUT2D eigenvalue weighted by atomic mass is 10.1. The van der Waals surface area contributed by atoms with Crippen molar-refractivity contribution in [2.24, 2.45) is 5.14 Å². The zero-order valence-electron chi connectivity index (χ0n) is 12.0. The number of hydrogen-bond acceptors (Lipinski definition) is 4. The Balaban J connectivity index is 1.85. The Morgan fingerprint density at radius 2 is 1.91 bits per heavy atom. The molecule has 1 aliphatic heterocycles. The highest BCUT2D eigenvalue weighted by Crippen LogP contribution is 2.31. The Morgan fingerprint density at radius 1 is 1.18 bits per heavy atom. The van der Waals surface area contributed by atoms with Crippen molar-refractivity contribution < 1.29 is 13.5 Å². The summed E-state index contributed by atoms with van der Waals surface area (Å²) in [6, 6.07) is 14.3. The van der Waals surface area contributed by atoms with Crippen LogP contribution in [0.1, 0.15) is 17.2 Å². The van der Waals surface area contributed by atoms with Gasteiger partial charge in [0.25, 0.3) is 0 Å². The van der Waals surface area contributed by atoms with Gasteiger partial charge in [0.15, 0.2) is 0 Å². The minimum absolute atomic E-state index is 0.104. The van der Waals surface area contributed by atoms with Crippen LogP contribution in [-0.2, 0) is 16.4 Å². The number of aliphatic hydroxyl groups is 1. The van der Waals surface area contributed by atoms with Crippen LogP contribution >= 0.6 is 0 Å². The van der Waals surface area contributed by atoms with Crippen LogP contribution in [0.4, 0.5) is 5.69 Å². The van der Waals surface area contributed by atoms with Crippen LogP contribution in [0.2, 0.25) is 0 Å².